The number of benzene rings is 2. The van der Waals surface area contributed by atoms with E-state index in [4.69, 9.17) is 11.6 Å². The lowest BCUT2D eigenvalue weighted by Crippen LogP contribution is -2.48. The summed E-state index contributed by atoms with van der Waals surface area (Å²) in [5.41, 5.74) is 1.30. The van der Waals surface area contributed by atoms with Crippen molar-refractivity contribution in [3.05, 3.63) is 65.2 Å². The van der Waals surface area contributed by atoms with Gasteiger partial charge in [0.05, 0.1) is 16.3 Å². The van der Waals surface area contributed by atoms with Crippen LogP contribution in [0.4, 0.5) is 10.8 Å². The van der Waals surface area contributed by atoms with Crippen LogP contribution in [0.15, 0.2) is 58.9 Å². The molecule has 1 fully saturated rings. The summed E-state index contributed by atoms with van der Waals surface area (Å²) < 4.78 is 0.743. The first-order valence-corrected chi connectivity index (χ1v) is 11.9. The van der Waals surface area contributed by atoms with Gasteiger partial charge in [-0.15, -0.1) is 10.2 Å². The maximum atomic E-state index is 12.7. The molecular formula is C21H20ClN5O2S2. The maximum absolute atomic E-state index is 12.7. The van der Waals surface area contributed by atoms with Gasteiger partial charge in [0.2, 0.25) is 11.0 Å². The van der Waals surface area contributed by atoms with Crippen LogP contribution in [-0.2, 0) is 4.79 Å². The van der Waals surface area contributed by atoms with Gasteiger partial charge >= 0.3 is 0 Å². The molecule has 31 heavy (non-hydrogen) atoms. The van der Waals surface area contributed by atoms with E-state index >= 15 is 0 Å². The first-order valence-electron chi connectivity index (χ1n) is 9.70. The van der Waals surface area contributed by atoms with Crippen LogP contribution in [0.5, 0.6) is 0 Å². The predicted octanol–water partition coefficient (Wildman–Crippen LogP) is 3.88. The van der Waals surface area contributed by atoms with Gasteiger partial charge in [-0.1, -0.05) is 65.0 Å². The molecule has 1 saturated heterocycles. The predicted molar refractivity (Wildman–Crippen MR) is 125 cm³/mol. The Kier molecular flexibility index (Phi) is 7.06. The van der Waals surface area contributed by atoms with Gasteiger partial charge in [-0.25, -0.2) is 0 Å². The number of nitrogens with one attached hydrogen (secondary N) is 1. The Morgan fingerprint density at radius 2 is 1.71 bits per heavy atom. The van der Waals surface area contributed by atoms with E-state index in [2.05, 4.69) is 20.4 Å². The minimum absolute atomic E-state index is 0.0526. The van der Waals surface area contributed by atoms with Crippen molar-refractivity contribution in [2.75, 3.05) is 42.1 Å². The molecule has 0 atom stereocenters. The fourth-order valence-electron chi connectivity index (χ4n) is 3.14. The molecule has 0 saturated carbocycles. The van der Waals surface area contributed by atoms with E-state index in [1.807, 2.05) is 47.4 Å². The summed E-state index contributed by atoms with van der Waals surface area (Å²) in [6.07, 6.45) is 0. The Bertz CT molecular complexity index is 1050. The van der Waals surface area contributed by atoms with Gasteiger partial charge in [0.25, 0.3) is 5.91 Å². The number of carbonyl (C=O) groups excluding carboxylic acids is 2. The lowest BCUT2D eigenvalue weighted by Gasteiger charge is -2.34. The lowest BCUT2D eigenvalue weighted by molar-refractivity contribution is -0.113. The highest BCUT2D eigenvalue weighted by Crippen LogP contribution is 2.29. The third-order valence-electron chi connectivity index (χ3n) is 4.72. The summed E-state index contributed by atoms with van der Waals surface area (Å²) >= 11 is 8.98. The molecule has 1 aliphatic rings. The number of anilines is 2. The van der Waals surface area contributed by atoms with Crippen LogP contribution in [0.25, 0.3) is 0 Å². The molecule has 10 heteroatoms. The SMILES string of the molecule is O=C(CSc1nnc(N2CCN(C(=O)c3ccccc3Cl)CC2)s1)Nc1ccccc1. The second-order valence-electron chi connectivity index (χ2n) is 6.81. The minimum Gasteiger partial charge on any atom is -0.343 e. The second kappa shape index (κ2) is 10.1. The third kappa shape index (κ3) is 5.55. The second-order valence-corrected chi connectivity index (χ2v) is 9.40. The third-order valence-corrected chi connectivity index (χ3v) is 7.17. The molecule has 4 rings (SSSR count). The number of nitrogens with zero attached hydrogens (tertiary/aromatic N) is 4. The zero-order chi connectivity index (χ0) is 21.6. The van der Waals surface area contributed by atoms with Crippen molar-refractivity contribution in [3.8, 4) is 0 Å². The van der Waals surface area contributed by atoms with Gasteiger partial charge in [0.1, 0.15) is 0 Å². The normalized spacial score (nSPS) is 13.8. The van der Waals surface area contributed by atoms with E-state index in [9.17, 15) is 9.59 Å². The number of halogens is 1. The van der Waals surface area contributed by atoms with Crippen LogP contribution in [0.1, 0.15) is 10.4 Å². The quantitative estimate of drug-likeness (QED) is 0.547. The van der Waals surface area contributed by atoms with Crippen molar-refractivity contribution in [2.45, 2.75) is 4.34 Å². The number of hydrogen-bond acceptors (Lipinski definition) is 7. The highest BCUT2D eigenvalue weighted by molar-refractivity contribution is 8.01. The number of amides is 2. The number of piperazine rings is 1. The Balaban J connectivity index is 1.27. The Morgan fingerprint density at radius 1 is 1.00 bits per heavy atom. The molecule has 1 N–H and O–H groups in total. The number of para-hydroxylation sites is 1. The van der Waals surface area contributed by atoms with Crippen molar-refractivity contribution in [2.24, 2.45) is 0 Å². The lowest BCUT2D eigenvalue weighted by atomic mass is 10.2. The zero-order valence-electron chi connectivity index (χ0n) is 16.5. The largest absolute Gasteiger partial charge is 0.343 e. The number of thioether (sulfide) groups is 1. The zero-order valence-corrected chi connectivity index (χ0v) is 18.9. The van der Waals surface area contributed by atoms with Crippen molar-refractivity contribution in [1.82, 2.24) is 15.1 Å². The molecular weight excluding hydrogens is 454 g/mol. The van der Waals surface area contributed by atoms with Gasteiger partial charge in [-0.05, 0) is 24.3 Å². The van der Waals surface area contributed by atoms with Gasteiger partial charge in [0, 0.05) is 31.9 Å². The van der Waals surface area contributed by atoms with Crippen LogP contribution in [0.2, 0.25) is 5.02 Å². The molecule has 0 radical (unpaired) electrons. The minimum atomic E-state index is -0.0837. The maximum Gasteiger partial charge on any atom is 0.255 e. The van der Waals surface area contributed by atoms with Crippen LogP contribution < -0.4 is 10.2 Å². The molecule has 3 aromatic rings. The molecule has 0 aliphatic carbocycles. The van der Waals surface area contributed by atoms with Crippen molar-refractivity contribution in [3.63, 3.8) is 0 Å². The van der Waals surface area contributed by atoms with Crippen LogP contribution in [0.3, 0.4) is 0 Å². The van der Waals surface area contributed by atoms with Crippen LogP contribution in [-0.4, -0.2) is 58.8 Å². The summed E-state index contributed by atoms with van der Waals surface area (Å²) in [5.74, 6) is 0.131. The molecule has 2 amide bonds. The summed E-state index contributed by atoms with van der Waals surface area (Å²) in [5, 5.41) is 12.6. The van der Waals surface area contributed by atoms with Gasteiger partial charge in [-0.3, -0.25) is 9.59 Å². The molecule has 1 aromatic heterocycles. The van der Waals surface area contributed by atoms with Gasteiger partial charge in [0.15, 0.2) is 4.34 Å². The smallest absolute Gasteiger partial charge is 0.255 e. The molecule has 0 spiro atoms. The Labute approximate surface area is 193 Å². The van der Waals surface area contributed by atoms with Crippen molar-refractivity contribution >= 4 is 57.3 Å². The van der Waals surface area contributed by atoms with Crippen LogP contribution in [0, 0.1) is 0 Å². The molecule has 0 unspecified atom stereocenters. The Morgan fingerprint density at radius 3 is 2.45 bits per heavy atom. The summed E-state index contributed by atoms with van der Waals surface area (Å²) in [7, 11) is 0. The topological polar surface area (TPSA) is 78.4 Å². The van der Waals surface area contributed by atoms with Crippen LogP contribution >= 0.6 is 34.7 Å². The molecule has 1 aliphatic heterocycles. The van der Waals surface area contributed by atoms with E-state index in [0.717, 1.165) is 15.2 Å². The van der Waals surface area contributed by atoms with E-state index in [-0.39, 0.29) is 17.6 Å². The van der Waals surface area contributed by atoms with E-state index < -0.39 is 0 Å². The van der Waals surface area contributed by atoms with Gasteiger partial charge in [-0.2, -0.15) is 0 Å². The average molecular weight is 474 g/mol. The van der Waals surface area contributed by atoms with E-state index in [1.54, 1.807) is 12.1 Å². The highest BCUT2D eigenvalue weighted by Gasteiger charge is 2.25. The molecule has 160 valence electrons. The first kappa shape index (κ1) is 21.6. The van der Waals surface area contributed by atoms with Crippen molar-refractivity contribution in [1.29, 1.82) is 0 Å². The molecule has 2 heterocycles. The highest BCUT2D eigenvalue weighted by atomic mass is 35.5. The fourth-order valence-corrected chi connectivity index (χ4v) is 5.05. The standard InChI is InChI=1S/C21H20ClN5O2S2/c22-17-9-5-4-8-16(17)19(29)26-10-12-27(13-11-26)20-24-25-21(31-20)30-14-18(28)23-15-6-2-1-3-7-15/h1-9H,10-14H2,(H,23,28). The number of rotatable bonds is 6. The average Bonchev–Trinajstić information content (AvgIpc) is 3.28. The molecule has 2 aromatic carbocycles. The first-order chi connectivity index (χ1) is 15.1. The van der Waals surface area contributed by atoms with E-state index in [1.165, 1.54) is 23.1 Å². The summed E-state index contributed by atoms with van der Waals surface area (Å²) in [6.45, 7) is 2.52. The molecule has 7 nitrogen and oxygen atoms in total. The Hall–Kier alpha value is -2.62. The number of aromatic nitrogens is 2. The fraction of sp³-hybridized carbons (Fsp3) is 0.238. The monoisotopic (exact) mass is 473 g/mol. The molecule has 0 bridgehead atoms. The summed E-state index contributed by atoms with van der Waals surface area (Å²) in [6, 6.07) is 16.5. The van der Waals surface area contributed by atoms with Gasteiger partial charge < -0.3 is 15.1 Å². The summed E-state index contributed by atoms with van der Waals surface area (Å²) in [4.78, 5) is 28.7. The number of hydrogen-bond donors (Lipinski definition) is 1. The van der Waals surface area contributed by atoms with Crippen molar-refractivity contribution < 1.29 is 9.59 Å². The van der Waals surface area contributed by atoms with E-state index in [0.29, 0.717) is 36.8 Å². The number of carbonyl (C=O) groups is 2.